The number of hydrogen-bond acceptors (Lipinski definition) is 4. The van der Waals surface area contributed by atoms with E-state index in [4.69, 9.17) is 15.7 Å². The fourth-order valence-electron chi connectivity index (χ4n) is 1.19. The summed E-state index contributed by atoms with van der Waals surface area (Å²) in [5, 5.41) is 8.71. The lowest BCUT2D eigenvalue weighted by atomic mass is 10.1. The Bertz CT molecular complexity index is 422. The van der Waals surface area contributed by atoms with Gasteiger partial charge in [0.2, 0.25) is 0 Å². The maximum Gasteiger partial charge on any atom is 0.340 e. The summed E-state index contributed by atoms with van der Waals surface area (Å²) in [4.78, 5) is 11.6. The molecule has 2 N–H and O–H groups in total. The molecule has 0 spiro atoms. The summed E-state index contributed by atoms with van der Waals surface area (Å²) in [6.07, 6.45) is 1.78. The quantitative estimate of drug-likeness (QED) is 0.477. The van der Waals surface area contributed by atoms with Crippen LogP contribution >= 0.6 is 0 Å². The number of hydrogen-bond donors (Lipinski definition) is 1. The minimum absolute atomic E-state index is 0.259. The lowest BCUT2D eigenvalue weighted by Gasteiger charge is -2.06. The number of carbonyl (C=O) groups excluding carboxylic acids is 1. The Labute approximate surface area is 94.6 Å². The van der Waals surface area contributed by atoms with Gasteiger partial charge in [0.15, 0.2) is 0 Å². The second-order valence-electron chi connectivity index (χ2n) is 3.40. The summed E-state index contributed by atoms with van der Waals surface area (Å²) in [6, 6.07) is 6.51. The van der Waals surface area contributed by atoms with Gasteiger partial charge in [0, 0.05) is 5.69 Å². The predicted octanol–water partition coefficient (Wildman–Crippen LogP) is 2.10. The first-order valence-corrected chi connectivity index (χ1v) is 5.15. The second kappa shape index (κ2) is 5.76. The number of esters is 1. The van der Waals surface area contributed by atoms with Crippen LogP contribution in [0.3, 0.4) is 0 Å². The molecule has 0 saturated carbocycles. The molecule has 0 atom stereocenters. The van der Waals surface area contributed by atoms with Crippen LogP contribution < -0.4 is 5.73 Å². The summed E-state index contributed by atoms with van der Waals surface area (Å²) in [6.45, 7) is 2.39. The van der Waals surface area contributed by atoms with Gasteiger partial charge in [0.25, 0.3) is 0 Å². The van der Waals surface area contributed by atoms with Crippen LogP contribution in [0.25, 0.3) is 0 Å². The summed E-state index contributed by atoms with van der Waals surface area (Å²) >= 11 is 0. The van der Waals surface area contributed by atoms with Gasteiger partial charge < -0.3 is 10.5 Å². The molecule has 0 radical (unpaired) electrons. The van der Waals surface area contributed by atoms with Crippen LogP contribution in [-0.2, 0) is 4.74 Å². The summed E-state index contributed by atoms with van der Waals surface area (Å²) in [5.74, 6) is -0.469. The number of carbonyl (C=O) groups is 1. The zero-order valence-electron chi connectivity index (χ0n) is 9.19. The molecule has 0 aromatic heterocycles. The first kappa shape index (κ1) is 12.1. The highest BCUT2D eigenvalue weighted by Gasteiger charge is 2.11. The molecule has 16 heavy (non-hydrogen) atoms. The number of rotatable bonds is 4. The fourth-order valence-corrected chi connectivity index (χ4v) is 1.19. The van der Waals surface area contributed by atoms with E-state index in [1.165, 1.54) is 12.1 Å². The van der Waals surface area contributed by atoms with E-state index in [-0.39, 0.29) is 5.56 Å². The third kappa shape index (κ3) is 2.99. The first-order valence-electron chi connectivity index (χ1n) is 5.15. The average Bonchev–Trinajstić information content (AvgIpc) is 2.30. The molecule has 1 aromatic rings. The number of ether oxygens (including phenoxy) is 1. The fraction of sp³-hybridized carbons (Fsp3) is 0.333. The highest BCUT2D eigenvalue weighted by molar-refractivity contribution is 5.95. The Hall–Kier alpha value is -2.02. The van der Waals surface area contributed by atoms with Gasteiger partial charge in [-0.15, -0.1) is 0 Å². The third-order valence-electron chi connectivity index (χ3n) is 2.13. The van der Waals surface area contributed by atoms with Crippen LogP contribution in [0.1, 0.15) is 35.7 Å². The van der Waals surface area contributed by atoms with Gasteiger partial charge in [0.05, 0.1) is 23.8 Å². The number of nitrogens with two attached hydrogens (primary N) is 1. The Kier molecular flexibility index (Phi) is 4.34. The molecular weight excluding hydrogens is 204 g/mol. The van der Waals surface area contributed by atoms with E-state index in [1.54, 1.807) is 6.07 Å². The van der Waals surface area contributed by atoms with Crippen LogP contribution in [0.4, 0.5) is 5.69 Å². The highest BCUT2D eigenvalue weighted by atomic mass is 16.5. The van der Waals surface area contributed by atoms with Crippen LogP contribution in [0.5, 0.6) is 0 Å². The Morgan fingerprint density at radius 1 is 1.56 bits per heavy atom. The van der Waals surface area contributed by atoms with E-state index < -0.39 is 5.97 Å². The lowest BCUT2D eigenvalue weighted by Crippen LogP contribution is -2.09. The minimum atomic E-state index is -0.469. The van der Waals surface area contributed by atoms with Gasteiger partial charge in [-0.25, -0.2) is 4.79 Å². The van der Waals surface area contributed by atoms with Crippen LogP contribution in [0, 0.1) is 11.3 Å². The molecule has 4 heteroatoms. The standard InChI is InChI=1S/C12H14N2O2/c1-2-3-6-16-12(15)10-7-9(8-13)4-5-11(10)14/h4-5,7H,2-3,6,14H2,1H3. The Morgan fingerprint density at radius 3 is 2.94 bits per heavy atom. The predicted molar refractivity (Wildman–Crippen MR) is 60.8 cm³/mol. The highest BCUT2D eigenvalue weighted by Crippen LogP contribution is 2.15. The molecule has 0 saturated heterocycles. The Balaban J connectivity index is 2.78. The molecular formula is C12H14N2O2. The monoisotopic (exact) mass is 218 g/mol. The zero-order valence-corrected chi connectivity index (χ0v) is 9.19. The van der Waals surface area contributed by atoms with Crippen molar-refractivity contribution in [3.63, 3.8) is 0 Å². The van der Waals surface area contributed by atoms with Gasteiger partial charge in [-0.05, 0) is 24.6 Å². The number of nitriles is 1. The van der Waals surface area contributed by atoms with E-state index in [0.717, 1.165) is 12.8 Å². The van der Waals surface area contributed by atoms with Crippen molar-refractivity contribution >= 4 is 11.7 Å². The molecule has 0 bridgehead atoms. The first-order chi connectivity index (χ1) is 7.69. The van der Waals surface area contributed by atoms with Gasteiger partial charge >= 0.3 is 5.97 Å². The van der Waals surface area contributed by atoms with Crippen LogP contribution in [0.15, 0.2) is 18.2 Å². The van der Waals surface area contributed by atoms with Gasteiger partial charge in [-0.3, -0.25) is 0 Å². The maximum absolute atomic E-state index is 11.6. The molecule has 4 nitrogen and oxygen atoms in total. The number of benzene rings is 1. The third-order valence-corrected chi connectivity index (χ3v) is 2.13. The molecule has 0 fully saturated rings. The van der Waals surface area contributed by atoms with Gasteiger partial charge in [-0.1, -0.05) is 13.3 Å². The molecule has 0 aliphatic carbocycles. The van der Waals surface area contributed by atoms with Gasteiger partial charge in [0.1, 0.15) is 0 Å². The minimum Gasteiger partial charge on any atom is -0.462 e. The maximum atomic E-state index is 11.6. The SMILES string of the molecule is CCCCOC(=O)c1cc(C#N)ccc1N. The van der Waals surface area contributed by atoms with Crippen molar-refractivity contribution in [2.24, 2.45) is 0 Å². The number of anilines is 1. The largest absolute Gasteiger partial charge is 0.462 e. The number of nitrogens with zero attached hydrogens (tertiary/aromatic N) is 1. The molecule has 0 aliphatic heterocycles. The summed E-state index contributed by atoms with van der Waals surface area (Å²) < 4.78 is 5.02. The normalized spacial score (nSPS) is 9.50. The summed E-state index contributed by atoms with van der Waals surface area (Å²) in [5.41, 5.74) is 6.63. The molecule has 1 rings (SSSR count). The van der Waals surface area contributed by atoms with Crippen molar-refractivity contribution in [1.82, 2.24) is 0 Å². The van der Waals surface area contributed by atoms with Crippen molar-refractivity contribution in [2.75, 3.05) is 12.3 Å². The Morgan fingerprint density at radius 2 is 2.31 bits per heavy atom. The molecule has 0 amide bonds. The average molecular weight is 218 g/mol. The molecule has 0 unspecified atom stereocenters. The van der Waals surface area contributed by atoms with Crippen molar-refractivity contribution < 1.29 is 9.53 Å². The summed E-state index contributed by atoms with van der Waals surface area (Å²) in [7, 11) is 0. The molecule has 0 heterocycles. The van der Waals surface area contributed by atoms with Crippen LogP contribution in [-0.4, -0.2) is 12.6 Å². The molecule has 1 aromatic carbocycles. The number of nitrogen functional groups attached to an aromatic ring is 1. The lowest BCUT2D eigenvalue weighted by molar-refractivity contribution is 0.0501. The number of unbranched alkanes of at least 4 members (excludes halogenated alkanes) is 1. The van der Waals surface area contributed by atoms with E-state index in [2.05, 4.69) is 0 Å². The van der Waals surface area contributed by atoms with Crippen molar-refractivity contribution in [2.45, 2.75) is 19.8 Å². The van der Waals surface area contributed by atoms with E-state index >= 15 is 0 Å². The van der Waals surface area contributed by atoms with E-state index in [9.17, 15) is 4.79 Å². The van der Waals surface area contributed by atoms with Gasteiger partial charge in [-0.2, -0.15) is 5.26 Å². The zero-order chi connectivity index (χ0) is 12.0. The van der Waals surface area contributed by atoms with Crippen LogP contribution in [0.2, 0.25) is 0 Å². The smallest absolute Gasteiger partial charge is 0.340 e. The van der Waals surface area contributed by atoms with Crippen molar-refractivity contribution in [3.05, 3.63) is 29.3 Å². The van der Waals surface area contributed by atoms with E-state index in [0.29, 0.717) is 17.9 Å². The topological polar surface area (TPSA) is 76.1 Å². The molecule has 0 aliphatic rings. The van der Waals surface area contributed by atoms with Crippen molar-refractivity contribution in [3.8, 4) is 6.07 Å². The van der Waals surface area contributed by atoms with E-state index in [1.807, 2.05) is 13.0 Å². The second-order valence-corrected chi connectivity index (χ2v) is 3.40. The molecule has 84 valence electrons. The van der Waals surface area contributed by atoms with Crippen molar-refractivity contribution in [1.29, 1.82) is 5.26 Å².